The van der Waals surface area contributed by atoms with Crippen LogP contribution in [0.4, 0.5) is 30.8 Å². The molecular weight excluding hydrogens is 745 g/mol. The quantitative estimate of drug-likeness (QED) is 0.117. The maximum atomic E-state index is 13.1. The van der Waals surface area contributed by atoms with E-state index in [1.54, 1.807) is 12.1 Å². The van der Waals surface area contributed by atoms with Gasteiger partial charge in [-0.05, 0) is 90.8 Å². The van der Waals surface area contributed by atoms with Crippen LogP contribution in [0.25, 0.3) is 0 Å². The second-order valence-corrected chi connectivity index (χ2v) is 15.3. The van der Waals surface area contributed by atoms with Crippen molar-refractivity contribution in [3.05, 3.63) is 64.7 Å². The molecule has 1 aromatic heterocycles. The number of benzene rings is 2. The third-order valence-corrected chi connectivity index (χ3v) is 11.3. The first-order chi connectivity index (χ1) is 26.0. The molecule has 294 valence electrons. The van der Waals surface area contributed by atoms with E-state index in [0.29, 0.717) is 35.4 Å². The normalized spacial score (nSPS) is 22.2. The number of rotatable bonds is 13. The molecule has 2 bridgehead atoms. The van der Waals surface area contributed by atoms with E-state index < -0.39 is 60.6 Å². The zero-order valence-electron chi connectivity index (χ0n) is 30.6. The smallest absolute Gasteiger partial charge is 0.422 e. The summed E-state index contributed by atoms with van der Waals surface area (Å²) in [4.78, 5) is 63.5. The molecule has 5 N–H and O–H groups in total. The van der Waals surface area contributed by atoms with Crippen LogP contribution in [-0.2, 0) is 24.7 Å². The molecule has 55 heavy (non-hydrogen) atoms. The number of hydrogen-bond acceptors (Lipinski definition) is 11. The monoisotopic (exact) mass is 786 g/mol. The van der Waals surface area contributed by atoms with Crippen LogP contribution in [0, 0.1) is 23.2 Å². The lowest BCUT2D eigenvalue weighted by molar-refractivity contribution is -0.154. The second-order valence-electron chi connectivity index (χ2n) is 14.9. The zero-order chi connectivity index (χ0) is 39.7. The van der Waals surface area contributed by atoms with E-state index in [9.17, 15) is 32.3 Å². The van der Waals surface area contributed by atoms with Gasteiger partial charge in [0.25, 0.3) is 5.91 Å². The Morgan fingerprint density at radius 2 is 1.62 bits per heavy atom. The lowest BCUT2D eigenvalue weighted by atomic mass is 9.45. The summed E-state index contributed by atoms with van der Waals surface area (Å²) in [6, 6.07) is 10.9. The predicted molar refractivity (Wildman–Crippen MR) is 194 cm³/mol. The number of amides is 3. The van der Waals surface area contributed by atoms with Crippen LogP contribution in [0.2, 0.25) is 5.02 Å². The van der Waals surface area contributed by atoms with Gasteiger partial charge in [0, 0.05) is 28.9 Å². The van der Waals surface area contributed by atoms with Gasteiger partial charge >= 0.3 is 30.0 Å². The highest BCUT2D eigenvalue weighted by molar-refractivity contribution is 6.35. The minimum atomic E-state index is -4.64. The molecule has 5 atom stereocenters. The SMILES string of the molecule is COC(=O)[C@H](CNC(=O)C(=O)N[C@@H]1C[C@H]2C[C@@H]([C@H]1C)C2(C)C)NC(=O)c1ccc(Nc2nc(NC3(c4ccc(Cl)cc4)CC3)nc(OCC(F)(F)F)n2)cc1. The Morgan fingerprint density at radius 1 is 0.945 bits per heavy atom. The molecule has 4 aliphatic rings. The minimum absolute atomic E-state index is 0.0272. The van der Waals surface area contributed by atoms with E-state index >= 15 is 0 Å². The van der Waals surface area contributed by atoms with Crippen LogP contribution < -0.4 is 31.3 Å². The number of carbonyl (C=O) groups is 4. The summed E-state index contributed by atoms with van der Waals surface area (Å²) in [5.74, 6) is -2.31. The zero-order valence-corrected chi connectivity index (χ0v) is 31.3. The fourth-order valence-electron chi connectivity index (χ4n) is 7.53. The number of halogens is 4. The van der Waals surface area contributed by atoms with Crippen molar-refractivity contribution in [2.45, 2.75) is 70.3 Å². The van der Waals surface area contributed by atoms with Gasteiger partial charge in [-0.1, -0.05) is 44.5 Å². The molecule has 4 saturated carbocycles. The summed E-state index contributed by atoms with van der Waals surface area (Å²) >= 11 is 6.03. The molecule has 14 nitrogen and oxygen atoms in total. The molecule has 0 spiro atoms. The fraction of sp³-hybridized carbons (Fsp3) is 0.486. The maximum absolute atomic E-state index is 13.1. The summed E-state index contributed by atoms with van der Waals surface area (Å²) in [5.41, 5.74) is 1.02. The number of carbonyl (C=O) groups excluding carboxylic acids is 4. The highest BCUT2D eigenvalue weighted by Crippen LogP contribution is 2.61. The summed E-state index contributed by atoms with van der Waals surface area (Å²) in [6.45, 7) is 4.52. The van der Waals surface area contributed by atoms with E-state index in [2.05, 4.69) is 62.3 Å². The fourth-order valence-corrected chi connectivity index (χ4v) is 7.66. The molecule has 1 heterocycles. The van der Waals surface area contributed by atoms with Gasteiger partial charge < -0.3 is 36.1 Å². The number of anilines is 3. The summed E-state index contributed by atoms with van der Waals surface area (Å²) < 4.78 is 48.6. The van der Waals surface area contributed by atoms with E-state index in [4.69, 9.17) is 21.1 Å². The third kappa shape index (κ3) is 9.20. The average molecular weight is 787 g/mol. The lowest BCUT2D eigenvalue weighted by Gasteiger charge is -2.62. The van der Waals surface area contributed by atoms with Crippen LogP contribution in [0.5, 0.6) is 6.01 Å². The van der Waals surface area contributed by atoms with Crippen molar-refractivity contribution in [3.63, 3.8) is 0 Å². The molecule has 7 rings (SSSR count). The van der Waals surface area contributed by atoms with Crippen LogP contribution in [0.3, 0.4) is 0 Å². The minimum Gasteiger partial charge on any atom is -0.467 e. The maximum Gasteiger partial charge on any atom is 0.422 e. The molecule has 0 saturated heterocycles. The first kappa shape index (κ1) is 39.5. The van der Waals surface area contributed by atoms with Gasteiger partial charge in [0.15, 0.2) is 6.61 Å². The summed E-state index contributed by atoms with van der Waals surface area (Å²) in [6.07, 6.45) is -1.31. The average Bonchev–Trinajstić information content (AvgIpc) is 3.92. The Hall–Kier alpha value is -5.19. The number of esters is 1. The second kappa shape index (κ2) is 15.5. The van der Waals surface area contributed by atoms with E-state index in [1.807, 2.05) is 12.1 Å². The first-order valence-electron chi connectivity index (χ1n) is 17.8. The molecule has 4 aliphatic carbocycles. The molecule has 4 fully saturated rings. The van der Waals surface area contributed by atoms with Crippen LogP contribution in [0.15, 0.2) is 48.5 Å². The third-order valence-electron chi connectivity index (χ3n) is 11.0. The molecule has 18 heteroatoms. The van der Waals surface area contributed by atoms with Crippen molar-refractivity contribution in [1.29, 1.82) is 0 Å². The Bertz CT molecular complexity index is 1930. The predicted octanol–water partition coefficient (Wildman–Crippen LogP) is 4.89. The molecule has 3 amide bonds. The number of aromatic nitrogens is 3. The van der Waals surface area contributed by atoms with E-state index in [0.717, 1.165) is 25.5 Å². The van der Waals surface area contributed by atoms with E-state index in [1.165, 1.54) is 24.3 Å². The van der Waals surface area contributed by atoms with Gasteiger partial charge in [0.05, 0.1) is 12.6 Å². The topological polar surface area (TPSA) is 186 Å². The lowest BCUT2D eigenvalue weighted by Crippen LogP contribution is -2.61. The van der Waals surface area contributed by atoms with Crippen LogP contribution in [-0.4, -0.2) is 77.2 Å². The van der Waals surface area contributed by atoms with Gasteiger partial charge in [-0.2, -0.15) is 28.1 Å². The standard InChI is InChI=1S/C37H42ClF3N8O6/c1-19-25-15-22(35(25,2)3)16-26(19)44-30(52)29(51)42-17-27(31(53)54-4)45-28(50)20-5-11-24(12-6-20)43-32-46-33(48-34(47-32)55-18-37(39,40)41)49-36(13-14-36)21-7-9-23(38)10-8-21/h5-12,19,22,25-27H,13-18H2,1-4H3,(H,42,51)(H,44,52)(H,45,50)(H2,43,46,47,48,49)/t19-,22-,25+,26-,27+/m1/s1. The Morgan fingerprint density at radius 3 is 2.22 bits per heavy atom. The number of hydrogen-bond donors (Lipinski definition) is 5. The number of fused-ring (bicyclic) bond motifs is 2. The molecule has 0 aliphatic heterocycles. The van der Waals surface area contributed by atoms with Gasteiger partial charge in [-0.15, -0.1) is 0 Å². The van der Waals surface area contributed by atoms with Crippen molar-refractivity contribution in [3.8, 4) is 6.01 Å². The van der Waals surface area contributed by atoms with Crippen molar-refractivity contribution in [1.82, 2.24) is 30.9 Å². The number of methoxy groups -OCH3 is 1. The van der Waals surface area contributed by atoms with E-state index in [-0.39, 0.29) is 34.8 Å². The molecule has 3 aromatic rings. The van der Waals surface area contributed by atoms with Crippen molar-refractivity contribution in [2.24, 2.45) is 23.2 Å². The summed E-state index contributed by atoms with van der Waals surface area (Å²) in [7, 11) is 1.12. The largest absolute Gasteiger partial charge is 0.467 e. The van der Waals surface area contributed by atoms with Crippen LogP contribution >= 0.6 is 11.6 Å². The van der Waals surface area contributed by atoms with Gasteiger partial charge in [0.1, 0.15) is 6.04 Å². The Labute approximate surface area is 320 Å². The molecule has 0 unspecified atom stereocenters. The van der Waals surface area contributed by atoms with Crippen molar-refractivity contribution < 1.29 is 41.8 Å². The Balaban J connectivity index is 1.07. The summed E-state index contributed by atoms with van der Waals surface area (Å²) in [5, 5.41) is 14.4. The molecule has 0 radical (unpaired) electrons. The number of nitrogens with zero attached hydrogens (tertiary/aromatic N) is 3. The van der Waals surface area contributed by atoms with Gasteiger partial charge in [-0.3, -0.25) is 14.4 Å². The number of alkyl halides is 3. The van der Waals surface area contributed by atoms with Crippen molar-refractivity contribution >= 4 is 52.9 Å². The van der Waals surface area contributed by atoms with Crippen molar-refractivity contribution in [2.75, 3.05) is 30.9 Å². The Kier molecular flexibility index (Phi) is 11.1. The highest BCUT2D eigenvalue weighted by Gasteiger charge is 2.56. The number of nitrogens with one attached hydrogen (secondary N) is 5. The molecular formula is C37H42ClF3N8O6. The number of ether oxygens (including phenoxy) is 2. The first-order valence-corrected chi connectivity index (χ1v) is 18.2. The van der Waals surface area contributed by atoms with Crippen LogP contribution in [0.1, 0.15) is 62.4 Å². The van der Waals surface area contributed by atoms with Gasteiger partial charge in [0.2, 0.25) is 11.9 Å². The molecule has 2 aromatic carbocycles. The highest BCUT2D eigenvalue weighted by atomic mass is 35.5. The van der Waals surface area contributed by atoms with Gasteiger partial charge in [-0.25, -0.2) is 4.79 Å².